The van der Waals surface area contributed by atoms with Crippen molar-refractivity contribution in [2.45, 2.75) is 0 Å². The molecule has 0 bridgehead atoms. The van der Waals surface area contributed by atoms with Crippen LogP contribution in [0.25, 0.3) is 21.3 Å². The van der Waals surface area contributed by atoms with Crippen LogP contribution in [0.5, 0.6) is 0 Å². The van der Waals surface area contributed by atoms with Crippen LogP contribution in [0.15, 0.2) is 41.8 Å². The second kappa shape index (κ2) is 3.81. The molecule has 1 aromatic carbocycles. The number of H-pyrrole nitrogens is 1. The predicted octanol–water partition coefficient (Wildman–Crippen LogP) is 4.02. The zero-order valence-electron chi connectivity index (χ0n) is 8.31. The van der Waals surface area contributed by atoms with Crippen LogP contribution in [-0.2, 0) is 0 Å². The fourth-order valence-corrected chi connectivity index (χ4v) is 2.73. The second-order valence-electron chi connectivity index (χ2n) is 3.45. The van der Waals surface area contributed by atoms with Crippen LogP contribution in [0.2, 0.25) is 0 Å². The Bertz CT molecular complexity index is 677. The molecule has 0 radical (unpaired) electrons. The number of hydrogen-bond donors (Lipinski definition) is 1. The molecule has 1 N–H and O–H groups in total. The van der Waals surface area contributed by atoms with E-state index in [1.54, 1.807) is 11.3 Å². The third-order valence-corrected chi connectivity index (χ3v) is 3.62. The monoisotopic (exact) mass is 244 g/mol. The molecule has 16 heavy (non-hydrogen) atoms. The van der Waals surface area contributed by atoms with Gasteiger partial charge in [-0.25, -0.2) is 0 Å². The van der Waals surface area contributed by atoms with Crippen molar-refractivity contribution in [1.82, 2.24) is 10.2 Å². The molecule has 0 aliphatic carbocycles. The van der Waals surface area contributed by atoms with Crippen LogP contribution in [-0.4, -0.2) is 10.2 Å². The molecule has 0 saturated heterocycles. The Morgan fingerprint density at radius 3 is 2.88 bits per heavy atom. The minimum atomic E-state index is 0.655. The Balaban J connectivity index is 2.29. The molecule has 3 aromatic rings. The Hall–Kier alpha value is -1.52. The average Bonchev–Trinajstić information content (AvgIpc) is 2.78. The maximum absolute atomic E-state index is 4.99. The van der Waals surface area contributed by atoms with E-state index in [2.05, 4.69) is 33.8 Å². The summed E-state index contributed by atoms with van der Waals surface area (Å²) in [6.45, 7) is 0. The van der Waals surface area contributed by atoms with E-state index < -0.39 is 0 Å². The number of hydrogen-bond acceptors (Lipinski definition) is 3. The lowest BCUT2D eigenvalue weighted by Crippen LogP contribution is -1.86. The molecule has 2 heterocycles. The minimum absolute atomic E-state index is 0.655. The van der Waals surface area contributed by atoms with Gasteiger partial charge in [-0.2, -0.15) is 5.10 Å². The first-order valence-corrected chi connectivity index (χ1v) is 6.16. The molecular weight excluding hydrogens is 236 g/mol. The molecule has 0 fully saturated rings. The van der Waals surface area contributed by atoms with Gasteiger partial charge in [0.25, 0.3) is 0 Å². The molecule has 0 aliphatic rings. The largest absolute Gasteiger partial charge is 0.267 e. The molecule has 0 amide bonds. The first kappa shape index (κ1) is 9.69. The van der Waals surface area contributed by atoms with E-state index in [4.69, 9.17) is 12.2 Å². The normalized spacial score (nSPS) is 10.8. The summed E-state index contributed by atoms with van der Waals surface area (Å²) in [5, 5.41) is 10.4. The van der Waals surface area contributed by atoms with Crippen LogP contribution < -0.4 is 0 Å². The molecule has 2 nitrogen and oxygen atoms in total. The van der Waals surface area contributed by atoms with Crippen molar-refractivity contribution >= 4 is 33.6 Å². The van der Waals surface area contributed by atoms with Gasteiger partial charge < -0.3 is 0 Å². The topological polar surface area (TPSA) is 28.7 Å². The van der Waals surface area contributed by atoms with Crippen molar-refractivity contribution in [2.24, 2.45) is 0 Å². The predicted molar refractivity (Wildman–Crippen MR) is 70.2 cm³/mol. The molecular formula is C12H8N2S2. The van der Waals surface area contributed by atoms with E-state index in [-0.39, 0.29) is 0 Å². The lowest BCUT2D eigenvalue weighted by Gasteiger charge is -2.01. The van der Waals surface area contributed by atoms with E-state index >= 15 is 0 Å². The van der Waals surface area contributed by atoms with Crippen LogP contribution in [0.4, 0.5) is 0 Å². The number of benzene rings is 1. The van der Waals surface area contributed by atoms with Gasteiger partial charge in [-0.3, -0.25) is 5.10 Å². The maximum atomic E-state index is 4.99. The fraction of sp³-hybridized carbons (Fsp3) is 0. The van der Waals surface area contributed by atoms with Crippen molar-refractivity contribution in [3.63, 3.8) is 0 Å². The van der Waals surface area contributed by atoms with E-state index in [1.165, 1.54) is 10.1 Å². The summed E-state index contributed by atoms with van der Waals surface area (Å²) < 4.78 is 1.92. The summed E-state index contributed by atoms with van der Waals surface area (Å²) in [6, 6.07) is 12.2. The highest BCUT2D eigenvalue weighted by molar-refractivity contribution is 7.71. The number of nitrogens with one attached hydrogen (secondary N) is 1. The molecule has 0 atom stereocenters. The zero-order chi connectivity index (χ0) is 11.0. The smallest absolute Gasteiger partial charge is 0.119 e. The van der Waals surface area contributed by atoms with Crippen LogP contribution in [0.1, 0.15) is 0 Å². The minimum Gasteiger partial charge on any atom is -0.267 e. The number of aromatic amines is 1. The molecule has 3 rings (SSSR count). The van der Waals surface area contributed by atoms with Crippen molar-refractivity contribution < 1.29 is 0 Å². The third-order valence-electron chi connectivity index (χ3n) is 2.43. The first-order chi connectivity index (χ1) is 7.84. The molecule has 0 saturated carbocycles. The fourth-order valence-electron chi connectivity index (χ4n) is 1.69. The van der Waals surface area contributed by atoms with Gasteiger partial charge in [-0.05, 0) is 29.0 Å². The number of nitrogens with zero attached hydrogens (tertiary/aromatic N) is 1. The van der Waals surface area contributed by atoms with E-state index in [9.17, 15) is 0 Å². The Morgan fingerprint density at radius 2 is 2.06 bits per heavy atom. The highest BCUT2D eigenvalue weighted by atomic mass is 32.1. The van der Waals surface area contributed by atoms with E-state index in [1.807, 2.05) is 18.2 Å². The third kappa shape index (κ3) is 1.56. The summed E-state index contributed by atoms with van der Waals surface area (Å²) in [4.78, 5) is 0. The standard InChI is InChI=1S/C12H8N2S2/c15-11-5-4-10(13-14-11)9-3-1-2-8-6-7-16-12(8)9/h1-7H,(H,14,15). The van der Waals surface area contributed by atoms with Gasteiger partial charge in [0.1, 0.15) is 4.64 Å². The lowest BCUT2D eigenvalue weighted by atomic mass is 10.1. The maximum Gasteiger partial charge on any atom is 0.119 e. The number of rotatable bonds is 1. The highest BCUT2D eigenvalue weighted by Crippen LogP contribution is 2.30. The van der Waals surface area contributed by atoms with Crippen molar-refractivity contribution in [3.8, 4) is 11.3 Å². The summed E-state index contributed by atoms with van der Waals surface area (Å²) in [7, 11) is 0. The quantitative estimate of drug-likeness (QED) is 0.655. The van der Waals surface area contributed by atoms with Gasteiger partial charge in [0.2, 0.25) is 0 Å². The van der Waals surface area contributed by atoms with Gasteiger partial charge in [-0.1, -0.05) is 30.4 Å². The van der Waals surface area contributed by atoms with E-state index in [0.717, 1.165) is 11.3 Å². The summed E-state index contributed by atoms with van der Waals surface area (Å²) in [5.41, 5.74) is 2.08. The van der Waals surface area contributed by atoms with Gasteiger partial charge in [0.05, 0.1) is 5.69 Å². The van der Waals surface area contributed by atoms with Crippen molar-refractivity contribution in [2.75, 3.05) is 0 Å². The van der Waals surface area contributed by atoms with Crippen LogP contribution >= 0.6 is 23.6 Å². The Morgan fingerprint density at radius 1 is 1.12 bits per heavy atom. The van der Waals surface area contributed by atoms with Gasteiger partial charge in [0.15, 0.2) is 0 Å². The van der Waals surface area contributed by atoms with Gasteiger partial charge >= 0.3 is 0 Å². The number of thiophene rings is 1. The SMILES string of the molecule is S=c1ccc(-c2cccc3ccsc23)n[nH]1. The Labute approximate surface area is 102 Å². The number of fused-ring (bicyclic) bond motifs is 1. The number of aromatic nitrogens is 2. The average molecular weight is 244 g/mol. The van der Waals surface area contributed by atoms with Crippen molar-refractivity contribution in [1.29, 1.82) is 0 Å². The molecule has 0 aliphatic heterocycles. The molecule has 4 heteroatoms. The lowest BCUT2D eigenvalue weighted by molar-refractivity contribution is 1.02. The molecule has 78 valence electrons. The zero-order valence-corrected chi connectivity index (χ0v) is 9.94. The molecule has 2 aromatic heterocycles. The van der Waals surface area contributed by atoms with E-state index in [0.29, 0.717) is 4.64 Å². The van der Waals surface area contributed by atoms with Crippen LogP contribution in [0.3, 0.4) is 0 Å². The van der Waals surface area contributed by atoms with Crippen LogP contribution in [0, 0.1) is 4.64 Å². The van der Waals surface area contributed by atoms with Gasteiger partial charge in [-0.15, -0.1) is 11.3 Å². The summed E-state index contributed by atoms with van der Waals surface area (Å²) in [5.74, 6) is 0. The van der Waals surface area contributed by atoms with Gasteiger partial charge in [0, 0.05) is 10.3 Å². The molecule has 0 unspecified atom stereocenters. The first-order valence-electron chi connectivity index (χ1n) is 4.87. The molecule has 0 spiro atoms. The second-order valence-corrected chi connectivity index (χ2v) is 4.81. The Kier molecular flexibility index (Phi) is 2.31. The summed E-state index contributed by atoms with van der Waals surface area (Å²) in [6.07, 6.45) is 0. The summed E-state index contributed by atoms with van der Waals surface area (Å²) >= 11 is 6.72. The van der Waals surface area contributed by atoms with Crippen molar-refractivity contribution in [3.05, 3.63) is 46.4 Å². The highest BCUT2D eigenvalue weighted by Gasteiger charge is 2.05.